The molecule has 0 aliphatic rings. The molecule has 0 aliphatic heterocycles. The second kappa shape index (κ2) is 16.3. The van der Waals surface area contributed by atoms with E-state index < -0.39 is 28.5 Å². The van der Waals surface area contributed by atoms with E-state index in [0.29, 0.717) is 22.8 Å². The van der Waals surface area contributed by atoms with Crippen LogP contribution in [-0.4, -0.2) is 58.0 Å². The number of carbonyl (C=O) groups excluding carboxylic acids is 2. The number of hydrogen-bond acceptors (Lipinski definition) is 6. The van der Waals surface area contributed by atoms with Gasteiger partial charge in [0.1, 0.15) is 12.6 Å². The maximum Gasteiger partial charge on any atom is 0.264 e. The summed E-state index contributed by atoms with van der Waals surface area (Å²) in [7, 11) is -1.35. The minimum Gasteiger partial charge on any atom is -0.493 e. The molecule has 248 valence electrons. The Morgan fingerprint density at radius 2 is 1.47 bits per heavy atom. The van der Waals surface area contributed by atoms with Crippen LogP contribution in [0.1, 0.15) is 31.4 Å². The van der Waals surface area contributed by atoms with Crippen molar-refractivity contribution in [2.24, 2.45) is 0 Å². The summed E-state index contributed by atoms with van der Waals surface area (Å²) in [4.78, 5) is 30.0. The molecule has 0 aromatic heterocycles. The highest BCUT2D eigenvalue weighted by Gasteiger charge is 2.35. The van der Waals surface area contributed by atoms with E-state index in [9.17, 15) is 18.0 Å². The zero-order valence-corrected chi connectivity index (χ0v) is 28.5. The Kier molecular flexibility index (Phi) is 12.3. The maximum atomic E-state index is 14.6. The van der Waals surface area contributed by atoms with Crippen LogP contribution in [0.25, 0.3) is 0 Å². The van der Waals surface area contributed by atoms with Crippen LogP contribution < -0.4 is 19.1 Å². The third kappa shape index (κ3) is 9.05. The molecule has 4 aromatic rings. The Hall–Kier alpha value is -4.54. The van der Waals surface area contributed by atoms with Gasteiger partial charge in [0, 0.05) is 30.1 Å². The number of nitrogens with zero attached hydrogens (tertiary/aromatic N) is 2. The monoisotopic (exact) mass is 677 g/mol. The largest absolute Gasteiger partial charge is 0.493 e. The van der Waals surface area contributed by atoms with Gasteiger partial charge < -0.3 is 19.7 Å². The van der Waals surface area contributed by atoms with Gasteiger partial charge in [-0.25, -0.2) is 8.42 Å². The van der Waals surface area contributed by atoms with Crippen LogP contribution in [0.15, 0.2) is 108 Å². The van der Waals surface area contributed by atoms with Crippen molar-refractivity contribution < 1.29 is 27.5 Å². The average Bonchev–Trinajstić information content (AvgIpc) is 3.08. The summed E-state index contributed by atoms with van der Waals surface area (Å²) in [5.41, 5.74) is 1.71. The fraction of sp³-hybridized carbons (Fsp3) is 0.278. The molecule has 0 bridgehead atoms. The second-order valence-electron chi connectivity index (χ2n) is 11.0. The fourth-order valence-corrected chi connectivity index (χ4v) is 6.70. The average molecular weight is 678 g/mol. The summed E-state index contributed by atoms with van der Waals surface area (Å²) in [5.74, 6) is -0.245. The van der Waals surface area contributed by atoms with Crippen molar-refractivity contribution in [2.75, 3.05) is 25.1 Å². The van der Waals surface area contributed by atoms with Crippen molar-refractivity contribution in [1.82, 2.24) is 10.2 Å². The van der Waals surface area contributed by atoms with Crippen LogP contribution in [0.3, 0.4) is 0 Å². The van der Waals surface area contributed by atoms with E-state index in [4.69, 9.17) is 21.1 Å². The molecule has 9 nitrogen and oxygen atoms in total. The number of sulfonamides is 1. The Morgan fingerprint density at radius 3 is 2.09 bits per heavy atom. The van der Waals surface area contributed by atoms with Gasteiger partial charge in [-0.15, -0.1) is 0 Å². The van der Waals surface area contributed by atoms with E-state index >= 15 is 0 Å². The Morgan fingerprint density at radius 1 is 0.830 bits per heavy atom. The predicted molar refractivity (Wildman–Crippen MR) is 184 cm³/mol. The lowest BCUT2D eigenvalue weighted by atomic mass is 10.0. The number of nitrogens with one attached hydrogen (secondary N) is 1. The first kappa shape index (κ1) is 35.3. The number of amides is 2. The molecule has 11 heteroatoms. The molecule has 0 saturated heterocycles. The van der Waals surface area contributed by atoms with Crippen LogP contribution in [0.2, 0.25) is 5.02 Å². The zero-order valence-electron chi connectivity index (χ0n) is 26.9. The number of ether oxygens (including phenoxy) is 2. The summed E-state index contributed by atoms with van der Waals surface area (Å²) in [6.07, 6.45) is 0.894. The molecule has 4 rings (SSSR count). The lowest BCUT2D eigenvalue weighted by Crippen LogP contribution is -2.54. The molecule has 0 heterocycles. The Balaban J connectivity index is 1.84. The summed E-state index contributed by atoms with van der Waals surface area (Å²) in [6, 6.07) is 27.8. The van der Waals surface area contributed by atoms with Crippen molar-refractivity contribution in [3.05, 3.63) is 119 Å². The van der Waals surface area contributed by atoms with Crippen molar-refractivity contribution in [1.29, 1.82) is 0 Å². The van der Waals surface area contributed by atoms with E-state index in [-0.39, 0.29) is 41.2 Å². The SMILES string of the molecule is CC[C@@H](C)NC(=O)[C@@H](Cc1ccccc1)N(Cc1cccc(Cl)c1)C(=O)CN(c1ccc(OC)c(OC)c1)S(=O)(=O)c1ccccc1. The first-order chi connectivity index (χ1) is 22.6. The maximum absolute atomic E-state index is 14.6. The van der Waals surface area contributed by atoms with Crippen LogP contribution in [0, 0.1) is 0 Å². The van der Waals surface area contributed by atoms with Gasteiger partial charge in [0.05, 0.1) is 24.8 Å². The third-order valence-electron chi connectivity index (χ3n) is 7.78. The topological polar surface area (TPSA) is 105 Å². The number of halogens is 1. The van der Waals surface area contributed by atoms with Gasteiger partial charge in [0.2, 0.25) is 11.8 Å². The standard InChI is InChI=1S/C36H40ClN3O6S/c1-5-26(2)38-36(42)32(22-27-13-8-6-9-14-27)39(24-28-15-12-16-29(37)21-28)35(41)25-40(47(43,44)31-17-10-7-11-18-31)30-19-20-33(45-3)34(23-30)46-4/h6-21,23,26,32H,5,22,24-25H2,1-4H3,(H,38,42)/t26-,32-/m1/s1. The van der Waals surface area contributed by atoms with Gasteiger partial charge in [-0.3, -0.25) is 13.9 Å². The molecule has 0 unspecified atom stereocenters. The van der Waals surface area contributed by atoms with Crippen LogP contribution in [-0.2, 0) is 32.6 Å². The lowest BCUT2D eigenvalue weighted by Gasteiger charge is -2.34. The molecule has 0 fully saturated rings. The van der Waals surface area contributed by atoms with E-state index in [2.05, 4.69) is 5.32 Å². The summed E-state index contributed by atoms with van der Waals surface area (Å²) < 4.78 is 40.3. The fourth-order valence-electron chi connectivity index (χ4n) is 5.06. The van der Waals surface area contributed by atoms with Gasteiger partial charge in [0.25, 0.3) is 10.0 Å². The number of carbonyl (C=O) groups is 2. The molecular formula is C36H40ClN3O6S. The molecule has 0 spiro atoms. The molecule has 2 atom stereocenters. The predicted octanol–water partition coefficient (Wildman–Crippen LogP) is 6.11. The number of rotatable bonds is 15. The number of methoxy groups -OCH3 is 2. The van der Waals surface area contributed by atoms with E-state index in [1.165, 1.54) is 37.3 Å². The van der Waals surface area contributed by atoms with Gasteiger partial charge in [-0.2, -0.15) is 0 Å². The Bertz CT molecular complexity index is 1760. The number of anilines is 1. The van der Waals surface area contributed by atoms with Crippen LogP contribution in [0.5, 0.6) is 11.5 Å². The normalized spacial score (nSPS) is 12.4. The minimum atomic E-state index is -4.27. The van der Waals surface area contributed by atoms with Gasteiger partial charge in [0.15, 0.2) is 11.5 Å². The first-order valence-electron chi connectivity index (χ1n) is 15.2. The Labute approximate surface area is 282 Å². The van der Waals surface area contributed by atoms with Crippen LogP contribution in [0.4, 0.5) is 5.69 Å². The van der Waals surface area contributed by atoms with Crippen LogP contribution >= 0.6 is 11.6 Å². The molecule has 47 heavy (non-hydrogen) atoms. The van der Waals surface area contributed by atoms with E-state index in [1.807, 2.05) is 50.2 Å². The highest BCUT2D eigenvalue weighted by atomic mass is 35.5. The van der Waals surface area contributed by atoms with Crippen molar-refractivity contribution >= 4 is 39.1 Å². The van der Waals surface area contributed by atoms with Gasteiger partial charge in [-0.1, -0.05) is 79.2 Å². The highest BCUT2D eigenvalue weighted by Crippen LogP contribution is 2.34. The van der Waals surface area contributed by atoms with Gasteiger partial charge >= 0.3 is 0 Å². The number of benzene rings is 4. The summed E-state index contributed by atoms with van der Waals surface area (Å²) in [6.45, 7) is 3.26. The summed E-state index contributed by atoms with van der Waals surface area (Å²) in [5, 5.41) is 3.50. The third-order valence-corrected chi connectivity index (χ3v) is 9.80. The van der Waals surface area contributed by atoms with E-state index in [1.54, 1.807) is 48.5 Å². The zero-order chi connectivity index (χ0) is 34.0. The smallest absolute Gasteiger partial charge is 0.264 e. The molecule has 1 N–H and O–H groups in total. The molecule has 4 aromatic carbocycles. The van der Waals surface area contributed by atoms with Crippen molar-refractivity contribution in [3.8, 4) is 11.5 Å². The molecule has 2 amide bonds. The highest BCUT2D eigenvalue weighted by molar-refractivity contribution is 7.92. The van der Waals surface area contributed by atoms with Gasteiger partial charge in [-0.05, 0) is 60.9 Å². The molecular weight excluding hydrogens is 638 g/mol. The number of hydrogen-bond donors (Lipinski definition) is 1. The van der Waals surface area contributed by atoms with E-state index in [0.717, 1.165) is 9.87 Å². The lowest BCUT2D eigenvalue weighted by molar-refractivity contribution is -0.140. The minimum absolute atomic E-state index is 0.000625. The quantitative estimate of drug-likeness (QED) is 0.163. The van der Waals surface area contributed by atoms with Crippen molar-refractivity contribution in [3.63, 3.8) is 0 Å². The first-order valence-corrected chi connectivity index (χ1v) is 17.1. The second-order valence-corrected chi connectivity index (χ2v) is 13.3. The molecule has 0 saturated carbocycles. The van der Waals surface area contributed by atoms with Crippen molar-refractivity contribution in [2.45, 2.75) is 50.2 Å². The summed E-state index contributed by atoms with van der Waals surface area (Å²) >= 11 is 6.32. The molecule has 0 radical (unpaired) electrons. The molecule has 0 aliphatic carbocycles.